The van der Waals surface area contributed by atoms with Gasteiger partial charge in [-0.2, -0.15) is 5.10 Å². The van der Waals surface area contributed by atoms with E-state index in [9.17, 15) is 8.42 Å². The zero-order valence-corrected chi connectivity index (χ0v) is 11.0. The predicted octanol–water partition coefficient (Wildman–Crippen LogP) is -0.285. The summed E-state index contributed by atoms with van der Waals surface area (Å²) in [6.45, 7) is 1.02. The third kappa shape index (κ3) is 3.60. The van der Waals surface area contributed by atoms with Crippen LogP contribution in [-0.2, 0) is 23.1 Å². The third-order valence-corrected chi connectivity index (χ3v) is 3.96. The minimum Gasteiger partial charge on any atom is -0.325 e. The van der Waals surface area contributed by atoms with Gasteiger partial charge in [-0.15, -0.1) is 0 Å². The minimum atomic E-state index is -3.53. The van der Waals surface area contributed by atoms with Crippen molar-refractivity contribution in [1.29, 1.82) is 0 Å². The Bertz CT molecular complexity index is 607. The fourth-order valence-corrected chi connectivity index (χ4v) is 2.47. The second-order valence-electron chi connectivity index (χ2n) is 3.86. The first-order valence-corrected chi connectivity index (χ1v) is 7.22. The molecular weight excluding hydrogens is 266 g/mol. The van der Waals surface area contributed by atoms with E-state index in [0.717, 1.165) is 0 Å². The van der Waals surface area contributed by atoms with E-state index in [-0.39, 0.29) is 18.0 Å². The molecule has 0 aliphatic heterocycles. The van der Waals surface area contributed by atoms with E-state index in [1.165, 1.54) is 12.3 Å². The molecule has 0 unspecified atom stereocenters. The van der Waals surface area contributed by atoms with Crippen molar-refractivity contribution in [2.75, 3.05) is 6.54 Å². The highest BCUT2D eigenvalue weighted by molar-refractivity contribution is 7.89. The van der Waals surface area contributed by atoms with Crippen molar-refractivity contribution >= 4 is 10.0 Å². The molecule has 0 aromatic carbocycles. The summed E-state index contributed by atoms with van der Waals surface area (Å²) < 4.78 is 28.0. The molecule has 2 aromatic heterocycles. The fourth-order valence-electron chi connectivity index (χ4n) is 1.50. The van der Waals surface area contributed by atoms with Crippen LogP contribution in [0.25, 0.3) is 0 Å². The lowest BCUT2D eigenvalue weighted by Crippen LogP contribution is -2.27. The molecule has 0 fully saturated rings. The molecule has 8 heteroatoms. The lowest BCUT2D eigenvalue weighted by atomic mass is 10.4. The molecule has 0 aliphatic rings. The Morgan fingerprint density at radius 1 is 1.37 bits per heavy atom. The van der Waals surface area contributed by atoms with Crippen LogP contribution in [0.4, 0.5) is 0 Å². The summed E-state index contributed by atoms with van der Waals surface area (Å²) in [4.78, 5) is 4.09. The third-order valence-electron chi connectivity index (χ3n) is 2.51. The van der Waals surface area contributed by atoms with E-state index in [1.54, 1.807) is 29.2 Å². The average molecular weight is 281 g/mol. The monoisotopic (exact) mass is 281 g/mol. The largest absolute Gasteiger partial charge is 0.325 e. The Morgan fingerprint density at radius 2 is 2.21 bits per heavy atom. The maximum Gasteiger partial charge on any atom is 0.242 e. The summed E-state index contributed by atoms with van der Waals surface area (Å²) in [6.07, 6.45) is 4.72. The highest BCUT2D eigenvalue weighted by Crippen LogP contribution is 2.07. The van der Waals surface area contributed by atoms with Crippen molar-refractivity contribution in [2.45, 2.75) is 18.0 Å². The number of nitrogens with one attached hydrogen (secondary N) is 1. The molecule has 0 amide bonds. The molecule has 7 nitrogen and oxygen atoms in total. The number of hydrogen-bond donors (Lipinski definition) is 2. The van der Waals surface area contributed by atoms with Crippen molar-refractivity contribution in [3.05, 3.63) is 42.5 Å². The molecule has 3 N–H and O–H groups in total. The molecule has 0 bridgehead atoms. The predicted molar refractivity (Wildman–Crippen MR) is 69.5 cm³/mol. The van der Waals surface area contributed by atoms with Gasteiger partial charge in [-0.3, -0.25) is 9.67 Å². The number of hydrogen-bond acceptors (Lipinski definition) is 5. The summed E-state index contributed by atoms with van der Waals surface area (Å²) in [5, 5.41) is 3.99. The smallest absolute Gasteiger partial charge is 0.242 e. The van der Waals surface area contributed by atoms with Gasteiger partial charge in [0.15, 0.2) is 0 Å². The molecule has 2 heterocycles. The Balaban J connectivity index is 1.97. The van der Waals surface area contributed by atoms with Crippen LogP contribution in [0, 0.1) is 0 Å². The number of nitrogens with zero attached hydrogens (tertiary/aromatic N) is 3. The quantitative estimate of drug-likeness (QED) is 0.757. The van der Waals surface area contributed by atoms with Gasteiger partial charge in [0.25, 0.3) is 0 Å². The van der Waals surface area contributed by atoms with Gasteiger partial charge in [0.2, 0.25) is 10.0 Å². The summed E-state index contributed by atoms with van der Waals surface area (Å²) >= 11 is 0. The Hall–Kier alpha value is -1.77. The van der Waals surface area contributed by atoms with E-state index >= 15 is 0 Å². The van der Waals surface area contributed by atoms with Crippen molar-refractivity contribution in [1.82, 2.24) is 19.5 Å². The van der Waals surface area contributed by atoms with Gasteiger partial charge in [-0.1, -0.05) is 0 Å². The fraction of sp³-hybridized carbons (Fsp3) is 0.273. The van der Waals surface area contributed by atoms with Crippen LogP contribution in [0.5, 0.6) is 0 Å². The first-order valence-electron chi connectivity index (χ1n) is 5.74. The van der Waals surface area contributed by atoms with E-state index in [2.05, 4.69) is 14.8 Å². The number of rotatable bonds is 6. The molecule has 2 rings (SSSR count). The van der Waals surface area contributed by atoms with Crippen molar-refractivity contribution < 1.29 is 8.42 Å². The lowest BCUT2D eigenvalue weighted by Gasteiger charge is -2.07. The van der Waals surface area contributed by atoms with Crippen molar-refractivity contribution in [2.24, 2.45) is 5.73 Å². The van der Waals surface area contributed by atoms with Gasteiger partial charge in [0.1, 0.15) is 4.90 Å². The van der Waals surface area contributed by atoms with E-state index in [0.29, 0.717) is 12.2 Å². The number of aromatic nitrogens is 3. The molecule has 0 saturated carbocycles. The first-order chi connectivity index (χ1) is 9.12. The minimum absolute atomic E-state index is 0.130. The Kier molecular flexibility index (Phi) is 4.25. The second-order valence-corrected chi connectivity index (χ2v) is 5.62. The second kappa shape index (κ2) is 5.91. The summed E-state index contributed by atoms with van der Waals surface area (Å²) in [7, 11) is -3.53. The van der Waals surface area contributed by atoms with Gasteiger partial charge in [0, 0.05) is 31.7 Å². The SMILES string of the molecule is NCc1ccc(S(=O)(=O)NCCn2cccn2)cn1. The van der Waals surface area contributed by atoms with Crippen LogP contribution >= 0.6 is 0 Å². The van der Waals surface area contributed by atoms with Crippen LogP contribution in [0.2, 0.25) is 0 Å². The maximum absolute atomic E-state index is 11.9. The molecular formula is C11H15N5O2S. The van der Waals surface area contributed by atoms with Gasteiger partial charge >= 0.3 is 0 Å². The first kappa shape index (κ1) is 13.7. The molecule has 19 heavy (non-hydrogen) atoms. The average Bonchev–Trinajstić information content (AvgIpc) is 2.92. The van der Waals surface area contributed by atoms with Crippen LogP contribution in [0.3, 0.4) is 0 Å². The lowest BCUT2D eigenvalue weighted by molar-refractivity contribution is 0.560. The molecule has 0 aliphatic carbocycles. The molecule has 0 atom stereocenters. The highest BCUT2D eigenvalue weighted by Gasteiger charge is 2.13. The van der Waals surface area contributed by atoms with Gasteiger partial charge in [0.05, 0.1) is 12.2 Å². The van der Waals surface area contributed by atoms with E-state index in [4.69, 9.17) is 5.73 Å². The standard InChI is InChI=1S/C11H15N5O2S/c12-8-10-2-3-11(9-13-10)19(17,18)15-5-7-16-6-1-4-14-16/h1-4,6,9,15H,5,7-8,12H2. The van der Waals surface area contributed by atoms with Crippen molar-refractivity contribution in [3.63, 3.8) is 0 Å². The molecule has 0 spiro atoms. The van der Waals surface area contributed by atoms with Crippen molar-refractivity contribution in [3.8, 4) is 0 Å². The topological polar surface area (TPSA) is 103 Å². The number of nitrogens with two attached hydrogens (primary N) is 1. The van der Waals surface area contributed by atoms with Crippen LogP contribution in [-0.4, -0.2) is 29.7 Å². The highest BCUT2D eigenvalue weighted by atomic mass is 32.2. The van der Waals surface area contributed by atoms with Gasteiger partial charge in [-0.25, -0.2) is 13.1 Å². The molecule has 0 saturated heterocycles. The van der Waals surface area contributed by atoms with Gasteiger partial charge in [-0.05, 0) is 18.2 Å². The molecule has 2 aromatic rings. The van der Waals surface area contributed by atoms with Gasteiger partial charge < -0.3 is 5.73 Å². The maximum atomic E-state index is 11.9. The van der Waals surface area contributed by atoms with Crippen LogP contribution < -0.4 is 10.5 Å². The van der Waals surface area contributed by atoms with E-state index in [1.807, 2.05) is 0 Å². The normalized spacial score (nSPS) is 11.6. The number of pyridine rings is 1. The summed E-state index contributed by atoms with van der Waals surface area (Å²) in [5.41, 5.74) is 6.05. The van der Waals surface area contributed by atoms with E-state index < -0.39 is 10.0 Å². The summed E-state index contributed by atoms with van der Waals surface area (Å²) in [5.74, 6) is 0. The number of sulfonamides is 1. The Morgan fingerprint density at radius 3 is 2.79 bits per heavy atom. The van der Waals surface area contributed by atoms with Crippen LogP contribution in [0.15, 0.2) is 41.7 Å². The molecule has 102 valence electrons. The Labute approximate surface area is 111 Å². The molecule has 0 radical (unpaired) electrons. The summed E-state index contributed by atoms with van der Waals surface area (Å²) in [6, 6.07) is 4.87. The zero-order chi connectivity index (χ0) is 13.7. The zero-order valence-electron chi connectivity index (χ0n) is 10.2. The van der Waals surface area contributed by atoms with Crippen LogP contribution in [0.1, 0.15) is 5.69 Å².